The summed E-state index contributed by atoms with van der Waals surface area (Å²) in [7, 11) is 0. The molecule has 0 aromatic heterocycles. The Kier molecular flexibility index (Phi) is 7.65. The van der Waals surface area contributed by atoms with Gasteiger partial charge in [0.05, 0.1) is 0 Å². The van der Waals surface area contributed by atoms with Crippen molar-refractivity contribution in [3.63, 3.8) is 0 Å². The van der Waals surface area contributed by atoms with Crippen molar-refractivity contribution >= 4 is 0 Å². The first-order valence-corrected chi connectivity index (χ1v) is 1.29. The zero-order valence-corrected chi connectivity index (χ0v) is 4.32. The van der Waals surface area contributed by atoms with Crippen LogP contribution in [0.4, 0.5) is 0 Å². The number of hydrogen-bond donors (Lipinski definition) is 0. The molecule has 0 aliphatic carbocycles. The minimum absolute atomic E-state index is 0. The van der Waals surface area contributed by atoms with Crippen LogP contribution in [-0.4, -0.2) is 0 Å². The van der Waals surface area contributed by atoms with Crippen molar-refractivity contribution in [2.24, 2.45) is 0 Å². The van der Waals surface area contributed by atoms with Gasteiger partial charge < -0.3 is 6.58 Å². The molecule has 0 aliphatic heterocycles. The molecular weight excluding hydrogens is 112 g/mol. The molecule has 0 rings (SSSR count). The summed E-state index contributed by atoms with van der Waals surface area (Å²) in [5, 5.41) is 0. The standard InChI is InChI=1S/C4H7.Cu/c1-4(2)3;/h1H,2-3H3;/q-1;+1. The third-order valence-corrected chi connectivity index (χ3v) is 0. The Morgan fingerprint density at radius 2 is 1.40 bits per heavy atom. The third kappa shape index (κ3) is 323. The molecule has 1 heteroatoms. The van der Waals surface area contributed by atoms with E-state index in [1.54, 1.807) is 0 Å². The molecule has 0 bridgehead atoms. The summed E-state index contributed by atoms with van der Waals surface area (Å²) in [5.41, 5.74) is 0.917. The smallest absolute Gasteiger partial charge is 0.515 e. The summed E-state index contributed by atoms with van der Waals surface area (Å²) < 4.78 is 0. The molecule has 0 radical (unpaired) electrons. The molecule has 0 nitrogen and oxygen atoms in total. The van der Waals surface area contributed by atoms with Gasteiger partial charge in [-0.15, -0.1) is 0 Å². The monoisotopic (exact) mass is 118 g/mol. The first kappa shape index (κ1) is 8.98. The van der Waals surface area contributed by atoms with E-state index in [1.165, 1.54) is 0 Å². The molecule has 0 atom stereocenters. The Balaban J connectivity index is 0. The maximum absolute atomic E-state index is 5.03. The Hall–Kier alpha value is 0.259. The van der Waals surface area contributed by atoms with E-state index in [4.69, 9.17) is 6.58 Å². The predicted molar refractivity (Wildman–Crippen MR) is 19.2 cm³/mol. The SMILES string of the molecule is [CH-]=C(C)C.[Cu+]. The van der Waals surface area contributed by atoms with E-state index < -0.39 is 0 Å². The molecule has 0 heterocycles. The van der Waals surface area contributed by atoms with Crippen LogP contribution in [0.15, 0.2) is 5.57 Å². The van der Waals surface area contributed by atoms with Crippen molar-refractivity contribution in [2.75, 3.05) is 0 Å². The quantitative estimate of drug-likeness (QED) is 0.333. The number of allylic oxidation sites excluding steroid dienone is 1. The van der Waals surface area contributed by atoms with Crippen molar-refractivity contribution in [2.45, 2.75) is 13.8 Å². The van der Waals surface area contributed by atoms with Gasteiger partial charge in [-0.3, -0.25) is 5.57 Å². The van der Waals surface area contributed by atoms with Crippen molar-refractivity contribution in [3.05, 3.63) is 12.2 Å². The maximum atomic E-state index is 5.03. The first-order valence-electron chi connectivity index (χ1n) is 1.29. The molecule has 0 aliphatic rings. The van der Waals surface area contributed by atoms with Gasteiger partial charge >= 0.3 is 17.1 Å². The van der Waals surface area contributed by atoms with Crippen molar-refractivity contribution in [3.8, 4) is 0 Å². The van der Waals surface area contributed by atoms with Crippen molar-refractivity contribution < 1.29 is 17.1 Å². The van der Waals surface area contributed by atoms with Crippen LogP contribution in [0.1, 0.15) is 13.8 Å². The van der Waals surface area contributed by atoms with E-state index >= 15 is 0 Å². The Bertz CT molecular complexity index is 26.6. The van der Waals surface area contributed by atoms with Gasteiger partial charge in [0.2, 0.25) is 0 Å². The van der Waals surface area contributed by atoms with Crippen LogP contribution >= 0.6 is 0 Å². The summed E-state index contributed by atoms with van der Waals surface area (Å²) >= 11 is 0. The Labute approximate surface area is 43.7 Å². The average molecular weight is 119 g/mol. The molecule has 0 spiro atoms. The molecule has 34 valence electrons. The van der Waals surface area contributed by atoms with Gasteiger partial charge in [-0.05, 0) is 0 Å². The maximum Gasteiger partial charge on any atom is 1.00 e. The van der Waals surface area contributed by atoms with Gasteiger partial charge in [-0.2, -0.15) is 0 Å². The summed E-state index contributed by atoms with van der Waals surface area (Å²) in [5.74, 6) is 0. The Morgan fingerprint density at radius 1 is 1.40 bits per heavy atom. The topological polar surface area (TPSA) is 0 Å². The van der Waals surface area contributed by atoms with Crippen LogP contribution < -0.4 is 0 Å². The van der Waals surface area contributed by atoms with Gasteiger partial charge in [-0.1, -0.05) is 13.8 Å². The molecule has 0 aromatic carbocycles. The summed E-state index contributed by atoms with van der Waals surface area (Å²) in [4.78, 5) is 0. The molecule has 0 aromatic rings. The molecule has 0 unspecified atom stereocenters. The second kappa shape index (κ2) is 4.26. The minimum Gasteiger partial charge on any atom is -0.515 e. The fraction of sp³-hybridized carbons (Fsp3) is 0.500. The van der Waals surface area contributed by atoms with Gasteiger partial charge in [0.25, 0.3) is 0 Å². The number of hydrogen-bond acceptors (Lipinski definition) is 0. The van der Waals surface area contributed by atoms with Crippen LogP contribution in [0.25, 0.3) is 0 Å². The van der Waals surface area contributed by atoms with Gasteiger partial charge in [0, 0.05) is 0 Å². The second-order valence-electron chi connectivity index (χ2n) is 1.08. The minimum atomic E-state index is 0. The normalized spacial score (nSPS) is 5.20. The van der Waals surface area contributed by atoms with E-state index in [2.05, 4.69) is 0 Å². The zero-order chi connectivity index (χ0) is 3.58. The van der Waals surface area contributed by atoms with Crippen molar-refractivity contribution in [1.82, 2.24) is 0 Å². The molecule has 0 saturated carbocycles. The summed E-state index contributed by atoms with van der Waals surface area (Å²) in [6.07, 6.45) is 0. The Morgan fingerprint density at radius 3 is 1.40 bits per heavy atom. The van der Waals surface area contributed by atoms with E-state index in [0.717, 1.165) is 5.57 Å². The largest absolute Gasteiger partial charge is 1.00 e. The van der Waals surface area contributed by atoms with Gasteiger partial charge in [0.15, 0.2) is 0 Å². The van der Waals surface area contributed by atoms with E-state index in [1.807, 2.05) is 13.8 Å². The van der Waals surface area contributed by atoms with Crippen molar-refractivity contribution in [1.29, 1.82) is 0 Å². The first-order chi connectivity index (χ1) is 1.73. The third-order valence-electron chi connectivity index (χ3n) is 0. The molecule has 5 heavy (non-hydrogen) atoms. The molecule has 0 fully saturated rings. The van der Waals surface area contributed by atoms with Crippen LogP contribution in [0.2, 0.25) is 0 Å². The van der Waals surface area contributed by atoms with Gasteiger partial charge in [-0.25, -0.2) is 0 Å². The van der Waals surface area contributed by atoms with E-state index in [9.17, 15) is 0 Å². The summed E-state index contributed by atoms with van der Waals surface area (Å²) in [6.45, 7) is 8.75. The second-order valence-corrected chi connectivity index (χ2v) is 1.08. The van der Waals surface area contributed by atoms with Crippen LogP contribution in [0.3, 0.4) is 0 Å². The van der Waals surface area contributed by atoms with E-state index in [0.29, 0.717) is 0 Å². The fourth-order valence-corrected chi connectivity index (χ4v) is 0. The predicted octanol–water partition coefficient (Wildman–Crippen LogP) is 1.38. The fourth-order valence-electron chi connectivity index (χ4n) is 0. The average Bonchev–Trinajstić information content (AvgIpc) is 0.811. The van der Waals surface area contributed by atoms with Crippen LogP contribution in [0, 0.1) is 6.58 Å². The molecular formula is C4H7Cu. The van der Waals surface area contributed by atoms with Crippen LogP contribution in [-0.2, 0) is 17.1 Å². The zero-order valence-electron chi connectivity index (χ0n) is 3.38. The summed E-state index contributed by atoms with van der Waals surface area (Å²) in [6, 6.07) is 0. The molecule has 0 saturated heterocycles. The van der Waals surface area contributed by atoms with Crippen LogP contribution in [0.5, 0.6) is 0 Å². The molecule has 0 N–H and O–H groups in total. The van der Waals surface area contributed by atoms with Gasteiger partial charge in [0.1, 0.15) is 0 Å². The molecule has 0 amide bonds. The van der Waals surface area contributed by atoms with E-state index in [-0.39, 0.29) is 17.1 Å². The number of rotatable bonds is 0.